The van der Waals surface area contributed by atoms with E-state index in [9.17, 15) is 14.8 Å². The van der Waals surface area contributed by atoms with Crippen molar-refractivity contribution in [2.45, 2.75) is 17.7 Å². The van der Waals surface area contributed by atoms with Gasteiger partial charge in [0.05, 0.1) is 0 Å². The van der Waals surface area contributed by atoms with Gasteiger partial charge in [-0.25, -0.2) is 0 Å². The monoisotopic (exact) mass is 216 g/mol. The van der Waals surface area contributed by atoms with E-state index >= 15 is 0 Å². The van der Waals surface area contributed by atoms with Gasteiger partial charge < -0.3 is 15.2 Å². The fourth-order valence-electron chi connectivity index (χ4n) is 1.56. The van der Waals surface area contributed by atoms with Gasteiger partial charge in [0.15, 0.2) is 18.1 Å². The molecule has 0 saturated carbocycles. The van der Waals surface area contributed by atoms with E-state index in [1.54, 1.807) is 6.92 Å². The normalized spacial score (nSPS) is 35.2. The summed E-state index contributed by atoms with van der Waals surface area (Å²) in [4.78, 5) is 21.1. The summed E-state index contributed by atoms with van der Waals surface area (Å²) in [6, 6.07) is -0.452. The second kappa shape index (κ2) is 2.88. The van der Waals surface area contributed by atoms with Crippen LogP contribution in [0, 0.1) is 4.91 Å². The van der Waals surface area contributed by atoms with Gasteiger partial charge in [-0.3, -0.25) is 4.79 Å². The Balaban J connectivity index is 2.27. The van der Waals surface area contributed by atoms with Gasteiger partial charge in [0, 0.05) is 16.5 Å². The van der Waals surface area contributed by atoms with Gasteiger partial charge in [0.1, 0.15) is 10.8 Å². The Hall–Kier alpha value is -1.24. The number of hydrogen-bond donors (Lipinski definition) is 2. The molecule has 2 rings (SSSR count). The van der Waals surface area contributed by atoms with Crippen LogP contribution in [0.2, 0.25) is 0 Å². The standard InChI is InChI=1S/C7H8N2O4S/c1-7(14-9-12)5-4(6(7)11)13-2-3(10)8-5/h5,11H,2H2,1H3,(H,8,10). The Morgan fingerprint density at radius 3 is 3.14 bits per heavy atom. The number of rotatable bonds is 2. The van der Waals surface area contributed by atoms with Crippen LogP contribution >= 0.6 is 11.9 Å². The van der Waals surface area contributed by atoms with Gasteiger partial charge in [-0.15, -0.1) is 4.91 Å². The van der Waals surface area contributed by atoms with Crippen molar-refractivity contribution >= 4 is 17.9 Å². The van der Waals surface area contributed by atoms with E-state index in [0.717, 1.165) is 0 Å². The maximum atomic E-state index is 11.0. The van der Waals surface area contributed by atoms with E-state index in [4.69, 9.17) is 4.74 Å². The maximum Gasteiger partial charge on any atom is 0.258 e. The number of aliphatic hydroxyl groups is 1. The molecule has 1 fully saturated rings. The predicted molar refractivity (Wildman–Crippen MR) is 49.3 cm³/mol. The molecule has 7 heteroatoms. The number of ether oxygens (including phenoxy) is 1. The lowest BCUT2D eigenvalue weighted by atomic mass is 9.83. The van der Waals surface area contributed by atoms with E-state index in [2.05, 4.69) is 9.90 Å². The Morgan fingerprint density at radius 1 is 1.79 bits per heavy atom. The van der Waals surface area contributed by atoms with Crippen LogP contribution in [0.5, 0.6) is 0 Å². The van der Waals surface area contributed by atoms with E-state index < -0.39 is 10.8 Å². The summed E-state index contributed by atoms with van der Waals surface area (Å²) >= 11 is 0.683. The number of nitrogens with one attached hydrogen (secondary N) is 1. The fourth-order valence-corrected chi connectivity index (χ4v) is 2.18. The van der Waals surface area contributed by atoms with E-state index in [1.165, 1.54) is 0 Å². The quantitative estimate of drug-likeness (QED) is 0.517. The van der Waals surface area contributed by atoms with Crippen molar-refractivity contribution in [1.82, 2.24) is 5.32 Å². The number of aliphatic hydroxyl groups excluding tert-OH is 1. The van der Waals surface area contributed by atoms with Gasteiger partial charge in [0.2, 0.25) is 0 Å². The van der Waals surface area contributed by atoms with Crippen LogP contribution in [0.15, 0.2) is 16.1 Å². The lowest BCUT2D eigenvalue weighted by Gasteiger charge is -2.46. The molecule has 0 aromatic carbocycles. The number of fused-ring (bicyclic) bond motifs is 1. The molecule has 1 aliphatic heterocycles. The van der Waals surface area contributed by atoms with E-state index in [-0.39, 0.29) is 18.3 Å². The lowest BCUT2D eigenvalue weighted by molar-refractivity contribution is -0.130. The first-order valence-corrected chi connectivity index (χ1v) is 4.73. The zero-order chi connectivity index (χ0) is 10.3. The Morgan fingerprint density at radius 2 is 2.50 bits per heavy atom. The first kappa shape index (κ1) is 9.32. The molecule has 2 N–H and O–H groups in total. The van der Waals surface area contributed by atoms with E-state index in [1.807, 2.05) is 0 Å². The van der Waals surface area contributed by atoms with Crippen molar-refractivity contribution in [2.75, 3.05) is 6.61 Å². The van der Waals surface area contributed by atoms with Crippen molar-refractivity contribution in [3.8, 4) is 0 Å². The van der Waals surface area contributed by atoms with Gasteiger partial charge in [0.25, 0.3) is 5.91 Å². The van der Waals surface area contributed by atoms with Crippen molar-refractivity contribution in [2.24, 2.45) is 4.58 Å². The molecule has 2 aliphatic rings. The highest BCUT2D eigenvalue weighted by atomic mass is 32.2. The number of nitroso groups, excluding NO2 is 1. The molecule has 14 heavy (non-hydrogen) atoms. The topological polar surface area (TPSA) is 88.0 Å². The molecule has 1 saturated heterocycles. The molecule has 1 aliphatic carbocycles. The highest BCUT2D eigenvalue weighted by molar-refractivity contribution is 7.99. The summed E-state index contributed by atoms with van der Waals surface area (Å²) in [5.41, 5.74) is 0. The summed E-state index contributed by atoms with van der Waals surface area (Å²) in [6.07, 6.45) is 0. The highest BCUT2D eigenvalue weighted by Gasteiger charge is 2.57. The zero-order valence-corrected chi connectivity index (χ0v) is 8.13. The lowest BCUT2D eigenvalue weighted by Crippen LogP contribution is -2.62. The molecule has 1 amide bonds. The number of carbonyl (C=O) groups excluding carboxylic acids is 1. The van der Waals surface area contributed by atoms with Crippen LogP contribution in [-0.4, -0.2) is 28.4 Å². The molecule has 0 bridgehead atoms. The minimum atomic E-state index is -0.882. The number of amides is 1. The van der Waals surface area contributed by atoms with Gasteiger partial charge in [-0.2, -0.15) is 0 Å². The fraction of sp³-hybridized carbons (Fsp3) is 0.571. The Kier molecular flexibility index (Phi) is 1.91. The summed E-state index contributed by atoms with van der Waals surface area (Å²) < 4.78 is 6.78. The van der Waals surface area contributed by atoms with Crippen molar-refractivity contribution < 1.29 is 14.6 Å². The minimum absolute atomic E-state index is 0.0212. The molecule has 0 spiro atoms. The van der Waals surface area contributed by atoms with Gasteiger partial charge in [-0.1, -0.05) is 0 Å². The molecule has 2 unspecified atom stereocenters. The molecule has 0 aromatic rings. The molecule has 0 aromatic heterocycles. The molecule has 76 valence electrons. The Bertz CT molecular complexity index is 343. The summed E-state index contributed by atoms with van der Waals surface area (Å²) in [5.74, 6) is 0.0549. The SMILES string of the molecule is CC1(SN=O)C(O)=C2OCC(=O)NC21. The second-order valence-corrected chi connectivity index (χ2v) is 4.45. The summed E-state index contributed by atoms with van der Waals surface area (Å²) in [5, 5.41) is 12.2. The summed E-state index contributed by atoms with van der Waals surface area (Å²) in [6.45, 7) is 1.53. The minimum Gasteiger partial charge on any atom is -0.507 e. The van der Waals surface area contributed by atoms with Crippen LogP contribution < -0.4 is 5.32 Å². The number of hydrogen-bond acceptors (Lipinski definition) is 6. The van der Waals surface area contributed by atoms with E-state index in [0.29, 0.717) is 17.7 Å². The average molecular weight is 216 g/mol. The first-order chi connectivity index (χ1) is 6.59. The third-order valence-electron chi connectivity index (χ3n) is 2.41. The van der Waals surface area contributed by atoms with Crippen molar-refractivity contribution in [3.05, 3.63) is 16.4 Å². The molecular weight excluding hydrogens is 208 g/mol. The van der Waals surface area contributed by atoms with Crippen LogP contribution in [-0.2, 0) is 9.53 Å². The number of morpholine rings is 1. The van der Waals surface area contributed by atoms with Crippen LogP contribution in [0.25, 0.3) is 0 Å². The predicted octanol–water partition coefficient (Wildman–Crippen LogP) is 0.458. The maximum absolute atomic E-state index is 11.0. The number of carbonyl (C=O) groups is 1. The van der Waals surface area contributed by atoms with Crippen LogP contribution in [0.3, 0.4) is 0 Å². The highest BCUT2D eigenvalue weighted by Crippen LogP contribution is 2.48. The molecule has 0 radical (unpaired) electrons. The van der Waals surface area contributed by atoms with Gasteiger partial charge in [-0.05, 0) is 6.92 Å². The summed E-state index contributed by atoms with van der Waals surface area (Å²) in [7, 11) is 0. The van der Waals surface area contributed by atoms with Gasteiger partial charge >= 0.3 is 0 Å². The van der Waals surface area contributed by atoms with Crippen molar-refractivity contribution in [1.29, 1.82) is 0 Å². The van der Waals surface area contributed by atoms with Crippen molar-refractivity contribution in [3.63, 3.8) is 0 Å². The molecular formula is C7H8N2O4S. The molecule has 6 nitrogen and oxygen atoms in total. The average Bonchev–Trinajstić information content (AvgIpc) is 2.17. The van der Waals surface area contributed by atoms with Crippen LogP contribution in [0.1, 0.15) is 6.92 Å². The second-order valence-electron chi connectivity index (χ2n) is 3.27. The smallest absolute Gasteiger partial charge is 0.258 e. The first-order valence-electron chi connectivity index (χ1n) is 3.96. The van der Waals surface area contributed by atoms with Crippen LogP contribution in [0.4, 0.5) is 0 Å². The zero-order valence-electron chi connectivity index (χ0n) is 7.31. The molecule has 2 atom stereocenters. The third-order valence-corrected chi connectivity index (χ3v) is 3.29. The Labute approximate surface area is 83.8 Å². The largest absolute Gasteiger partial charge is 0.507 e. The molecule has 1 heterocycles. The third kappa shape index (κ3) is 1.02. The number of nitrogens with zero attached hydrogens (tertiary/aromatic N) is 1.